The SMILES string of the molecule is CCC(NC(=O)c1cccc(S(C)(=O)=O)c1)/C(N)=N/O. The topological polar surface area (TPSA) is 122 Å². The Bertz CT molecular complexity index is 625. The van der Waals surface area contributed by atoms with Crippen molar-refractivity contribution >= 4 is 21.6 Å². The quantitative estimate of drug-likeness (QED) is 0.313. The lowest BCUT2D eigenvalue weighted by molar-refractivity contribution is 0.0945. The highest BCUT2D eigenvalue weighted by atomic mass is 32.2. The van der Waals surface area contributed by atoms with Crippen molar-refractivity contribution in [1.82, 2.24) is 5.32 Å². The summed E-state index contributed by atoms with van der Waals surface area (Å²) in [6.07, 6.45) is 1.50. The van der Waals surface area contributed by atoms with E-state index < -0.39 is 21.8 Å². The van der Waals surface area contributed by atoms with E-state index in [1.165, 1.54) is 24.3 Å². The van der Waals surface area contributed by atoms with Gasteiger partial charge in [-0.15, -0.1) is 0 Å². The van der Waals surface area contributed by atoms with E-state index in [0.717, 1.165) is 6.26 Å². The smallest absolute Gasteiger partial charge is 0.251 e. The van der Waals surface area contributed by atoms with Crippen LogP contribution in [0.15, 0.2) is 34.3 Å². The lowest BCUT2D eigenvalue weighted by Gasteiger charge is -2.15. The Hall–Kier alpha value is -2.09. The lowest BCUT2D eigenvalue weighted by atomic mass is 10.1. The number of nitrogens with two attached hydrogens (primary N) is 1. The zero-order valence-corrected chi connectivity index (χ0v) is 12.0. The maximum Gasteiger partial charge on any atom is 0.251 e. The molecule has 0 aromatic heterocycles. The van der Waals surface area contributed by atoms with Gasteiger partial charge in [0.05, 0.1) is 10.9 Å². The minimum Gasteiger partial charge on any atom is -0.409 e. The summed E-state index contributed by atoms with van der Waals surface area (Å²) in [5, 5.41) is 14.0. The average Bonchev–Trinajstić information content (AvgIpc) is 2.42. The molecule has 1 aromatic carbocycles. The number of hydrogen-bond donors (Lipinski definition) is 3. The molecule has 1 unspecified atom stereocenters. The van der Waals surface area contributed by atoms with Crippen LogP contribution >= 0.6 is 0 Å². The van der Waals surface area contributed by atoms with Crippen LogP contribution in [-0.4, -0.2) is 37.7 Å². The molecular formula is C12H17N3O4S. The van der Waals surface area contributed by atoms with E-state index in [1.54, 1.807) is 6.92 Å². The number of oxime groups is 1. The number of sulfone groups is 1. The van der Waals surface area contributed by atoms with E-state index in [9.17, 15) is 13.2 Å². The zero-order valence-electron chi connectivity index (χ0n) is 11.2. The monoisotopic (exact) mass is 299 g/mol. The van der Waals surface area contributed by atoms with E-state index in [1.807, 2.05) is 0 Å². The van der Waals surface area contributed by atoms with Crippen molar-refractivity contribution < 1.29 is 18.4 Å². The number of nitrogens with zero attached hydrogens (tertiary/aromatic N) is 1. The molecule has 110 valence electrons. The minimum atomic E-state index is -3.38. The van der Waals surface area contributed by atoms with Gasteiger partial charge in [-0.05, 0) is 24.6 Å². The highest BCUT2D eigenvalue weighted by Crippen LogP contribution is 2.11. The van der Waals surface area contributed by atoms with Crippen molar-refractivity contribution in [2.24, 2.45) is 10.9 Å². The molecule has 0 radical (unpaired) electrons. The van der Waals surface area contributed by atoms with Crippen LogP contribution in [0.5, 0.6) is 0 Å². The van der Waals surface area contributed by atoms with Gasteiger partial charge in [0.1, 0.15) is 0 Å². The number of amidine groups is 1. The number of carbonyl (C=O) groups is 1. The Morgan fingerprint density at radius 3 is 2.65 bits per heavy atom. The lowest BCUT2D eigenvalue weighted by Crippen LogP contribution is -2.44. The first kappa shape index (κ1) is 16.0. The van der Waals surface area contributed by atoms with Crippen LogP contribution in [0.2, 0.25) is 0 Å². The molecule has 0 aliphatic rings. The van der Waals surface area contributed by atoms with Crippen LogP contribution in [0.1, 0.15) is 23.7 Å². The number of carbonyl (C=O) groups excluding carboxylic acids is 1. The fourth-order valence-electron chi connectivity index (χ4n) is 1.56. The van der Waals surface area contributed by atoms with Gasteiger partial charge in [-0.1, -0.05) is 18.1 Å². The summed E-state index contributed by atoms with van der Waals surface area (Å²) in [7, 11) is -3.38. The fraction of sp³-hybridized carbons (Fsp3) is 0.333. The van der Waals surface area contributed by atoms with Gasteiger partial charge in [0, 0.05) is 11.8 Å². The van der Waals surface area contributed by atoms with Gasteiger partial charge in [0.2, 0.25) is 0 Å². The van der Waals surface area contributed by atoms with E-state index in [0.29, 0.717) is 6.42 Å². The number of nitrogens with one attached hydrogen (secondary N) is 1. The van der Waals surface area contributed by atoms with Crippen LogP contribution in [0.3, 0.4) is 0 Å². The van der Waals surface area contributed by atoms with Crippen molar-refractivity contribution in [3.05, 3.63) is 29.8 Å². The molecule has 0 saturated carbocycles. The Morgan fingerprint density at radius 2 is 2.15 bits per heavy atom. The van der Waals surface area contributed by atoms with Gasteiger partial charge < -0.3 is 16.3 Å². The summed E-state index contributed by atoms with van der Waals surface area (Å²) in [5.41, 5.74) is 5.63. The molecule has 4 N–H and O–H groups in total. The van der Waals surface area contributed by atoms with E-state index in [2.05, 4.69) is 10.5 Å². The van der Waals surface area contributed by atoms with Gasteiger partial charge in [-0.25, -0.2) is 8.42 Å². The van der Waals surface area contributed by atoms with Crippen LogP contribution in [-0.2, 0) is 9.84 Å². The van der Waals surface area contributed by atoms with Gasteiger partial charge in [0.15, 0.2) is 15.7 Å². The number of amides is 1. The van der Waals surface area contributed by atoms with Crippen LogP contribution in [0.4, 0.5) is 0 Å². The van der Waals surface area contributed by atoms with Crippen molar-refractivity contribution in [1.29, 1.82) is 0 Å². The predicted octanol–water partition coefficient (Wildman–Crippen LogP) is 0.345. The van der Waals surface area contributed by atoms with Gasteiger partial charge in [-0.2, -0.15) is 0 Å². The minimum absolute atomic E-state index is 0.0574. The molecule has 7 nitrogen and oxygen atoms in total. The molecule has 1 atom stereocenters. The third kappa shape index (κ3) is 3.95. The van der Waals surface area contributed by atoms with Crippen LogP contribution in [0, 0.1) is 0 Å². The van der Waals surface area contributed by atoms with Gasteiger partial charge >= 0.3 is 0 Å². The molecule has 0 heterocycles. The first-order valence-electron chi connectivity index (χ1n) is 5.88. The zero-order chi connectivity index (χ0) is 15.3. The second-order valence-corrected chi connectivity index (χ2v) is 6.27. The molecule has 1 rings (SSSR count). The molecule has 0 bridgehead atoms. The summed E-state index contributed by atoms with van der Waals surface area (Å²) in [6.45, 7) is 1.76. The van der Waals surface area contributed by atoms with Gasteiger partial charge in [0.25, 0.3) is 5.91 Å². The summed E-state index contributed by atoms with van der Waals surface area (Å²) < 4.78 is 22.9. The standard InChI is InChI=1S/C12H17N3O4S/c1-3-10(11(13)15-17)14-12(16)8-5-4-6-9(7-8)20(2,18)19/h4-7,10,17H,3H2,1-2H3,(H2,13,15)(H,14,16). The molecule has 1 aromatic rings. The molecule has 0 fully saturated rings. The van der Waals surface area contributed by atoms with Crippen LogP contribution in [0.25, 0.3) is 0 Å². The largest absolute Gasteiger partial charge is 0.409 e. The van der Waals surface area contributed by atoms with E-state index in [4.69, 9.17) is 10.9 Å². The fourth-order valence-corrected chi connectivity index (χ4v) is 2.23. The Labute approximate surface area is 117 Å². The van der Waals surface area contributed by atoms with E-state index in [-0.39, 0.29) is 16.3 Å². The van der Waals surface area contributed by atoms with Crippen LogP contribution < -0.4 is 11.1 Å². The summed E-state index contributed by atoms with van der Waals surface area (Å²) in [4.78, 5) is 12.1. The van der Waals surface area contributed by atoms with Crippen molar-refractivity contribution in [3.63, 3.8) is 0 Å². The molecule has 0 spiro atoms. The third-order valence-corrected chi connectivity index (χ3v) is 3.82. The predicted molar refractivity (Wildman–Crippen MR) is 74.5 cm³/mol. The second kappa shape index (κ2) is 6.38. The Kier molecular flexibility index (Phi) is 5.09. The normalized spacial score (nSPS) is 13.8. The van der Waals surface area contributed by atoms with Crippen molar-refractivity contribution in [3.8, 4) is 0 Å². The number of hydrogen-bond acceptors (Lipinski definition) is 5. The molecule has 0 aliphatic heterocycles. The maximum atomic E-state index is 12.0. The van der Waals surface area contributed by atoms with Crippen molar-refractivity contribution in [2.75, 3.05) is 6.26 Å². The Balaban J connectivity index is 2.99. The summed E-state index contributed by atoms with van der Waals surface area (Å²) in [5.74, 6) is -0.603. The third-order valence-electron chi connectivity index (χ3n) is 2.71. The first-order valence-corrected chi connectivity index (χ1v) is 7.77. The second-order valence-electron chi connectivity index (χ2n) is 4.26. The average molecular weight is 299 g/mol. The maximum absolute atomic E-state index is 12.0. The highest BCUT2D eigenvalue weighted by molar-refractivity contribution is 7.90. The molecule has 0 saturated heterocycles. The molecule has 20 heavy (non-hydrogen) atoms. The molecule has 0 aliphatic carbocycles. The number of benzene rings is 1. The molecule has 8 heteroatoms. The Morgan fingerprint density at radius 1 is 1.50 bits per heavy atom. The number of rotatable bonds is 5. The summed E-state index contributed by atoms with van der Waals surface area (Å²) >= 11 is 0. The van der Waals surface area contributed by atoms with Crippen molar-refractivity contribution in [2.45, 2.75) is 24.3 Å². The molecular weight excluding hydrogens is 282 g/mol. The van der Waals surface area contributed by atoms with Gasteiger partial charge in [-0.3, -0.25) is 4.79 Å². The first-order chi connectivity index (χ1) is 9.29. The molecule has 1 amide bonds. The summed E-state index contributed by atoms with van der Waals surface area (Å²) in [6, 6.07) is 5.05. The van der Waals surface area contributed by atoms with E-state index >= 15 is 0 Å². The highest BCUT2D eigenvalue weighted by Gasteiger charge is 2.17.